The maximum atomic E-state index is 6.61. The summed E-state index contributed by atoms with van der Waals surface area (Å²) >= 11 is 18.3. The van der Waals surface area contributed by atoms with Gasteiger partial charge in [-0.25, -0.2) is 0 Å². The van der Waals surface area contributed by atoms with E-state index in [1.807, 2.05) is 6.07 Å². The Labute approximate surface area is 133 Å². The van der Waals surface area contributed by atoms with Crippen LogP contribution >= 0.6 is 47.8 Å². The van der Waals surface area contributed by atoms with E-state index >= 15 is 0 Å². The van der Waals surface area contributed by atoms with E-state index in [4.69, 9.17) is 33.7 Å². The van der Waals surface area contributed by atoms with Crippen LogP contribution in [0.3, 0.4) is 0 Å². The van der Waals surface area contributed by atoms with Gasteiger partial charge in [0.15, 0.2) is 0 Å². The van der Waals surface area contributed by atoms with Crippen molar-refractivity contribution in [2.24, 2.45) is 0 Å². The van der Waals surface area contributed by atoms with Crippen molar-refractivity contribution >= 4 is 47.8 Å². The van der Waals surface area contributed by atoms with E-state index in [1.54, 1.807) is 0 Å². The molecule has 19 heavy (non-hydrogen) atoms. The zero-order valence-corrected chi connectivity index (χ0v) is 15.5. The first-order valence-corrected chi connectivity index (χ1v) is 11.9. The summed E-state index contributed by atoms with van der Waals surface area (Å²) < 4.78 is 2.35. The highest BCUT2D eigenvalue weighted by Crippen LogP contribution is 2.55. The summed E-state index contributed by atoms with van der Waals surface area (Å²) in [4.78, 5) is 0. The quantitative estimate of drug-likeness (QED) is 0.516. The van der Waals surface area contributed by atoms with Crippen LogP contribution < -0.4 is 0 Å². The Morgan fingerprint density at radius 2 is 1.58 bits per heavy atom. The van der Waals surface area contributed by atoms with Crippen LogP contribution in [0.1, 0.15) is 26.3 Å². The van der Waals surface area contributed by atoms with Crippen molar-refractivity contribution in [2.75, 3.05) is 12.3 Å². The molecule has 0 radical (unpaired) electrons. The summed E-state index contributed by atoms with van der Waals surface area (Å²) in [7, 11) is -0.735. The fraction of sp³-hybridized carbons (Fsp3) is 0.538. The Morgan fingerprint density at radius 1 is 1.00 bits per heavy atom. The monoisotopic (exact) mass is 357 g/mol. The van der Waals surface area contributed by atoms with Gasteiger partial charge in [-0.15, -0.1) is 0 Å². The third kappa shape index (κ3) is 6.94. The van der Waals surface area contributed by atoms with Gasteiger partial charge in [-0.1, -0.05) is 64.1 Å². The number of rotatable bonds is 6. The molecule has 1 aromatic rings. The molecule has 0 aliphatic carbocycles. The molecule has 0 N–H and O–H groups in total. The van der Waals surface area contributed by atoms with Gasteiger partial charge in [-0.3, -0.25) is 4.67 Å². The van der Waals surface area contributed by atoms with Gasteiger partial charge >= 0.3 is 0 Å². The standard InChI is InChI=1S/C13H20Cl3NP2/c1-13(2,3)17(19(16)10-9-18(14)15)11-12-7-5-4-6-8-12/h4-8H,9-11H2,1-3H3. The molecule has 0 aliphatic heterocycles. The van der Waals surface area contributed by atoms with Gasteiger partial charge in [0.05, 0.1) is 14.1 Å². The Kier molecular flexibility index (Phi) is 7.92. The van der Waals surface area contributed by atoms with Crippen molar-refractivity contribution in [3.05, 3.63) is 35.9 Å². The smallest absolute Gasteiger partial charge is 0.0859 e. The zero-order chi connectivity index (χ0) is 14.5. The Morgan fingerprint density at radius 3 is 2.05 bits per heavy atom. The highest BCUT2D eigenvalue weighted by Gasteiger charge is 2.28. The van der Waals surface area contributed by atoms with Gasteiger partial charge < -0.3 is 0 Å². The van der Waals surface area contributed by atoms with E-state index in [2.05, 4.69) is 49.7 Å². The molecule has 1 nitrogen and oxygen atoms in total. The van der Waals surface area contributed by atoms with Crippen molar-refractivity contribution < 1.29 is 0 Å². The molecule has 0 heterocycles. The largest absolute Gasteiger partial charge is 0.260 e. The normalized spacial score (nSPS) is 14.1. The second kappa shape index (κ2) is 8.38. The second-order valence-electron chi connectivity index (χ2n) is 5.30. The third-order valence-corrected chi connectivity index (χ3v) is 7.51. The van der Waals surface area contributed by atoms with E-state index in [1.165, 1.54) is 5.56 Å². The molecule has 0 saturated carbocycles. The first-order valence-electron chi connectivity index (χ1n) is 6.14. The highest BCUT2D eigenvalue weighted by atomic mass is 35.9. The molecule has 0 spiro atoms. The molecule has 1 unspecified atom stereocenters. The van der Waals surface area contributed by atoms with Gasteiger partial charge in [0, 0.05) is 24.4 Å². The summed E-state index contributed by atoms with van der Waals surface area (Å²) in [6.45, 7) is 6.54. The van der Waals surface area contributed by atoms with E-state index in [0.29, 0.717) is 0 Å². The lowest BCUT2D eigenvalue weighted by Crippen LogP contribution is -2.36. The molecule has 0 bridgehead atoms. The molecule has 6 heteroatoms. The van der Waals surface area contributed by atoms with Crippen molar-refractivity contribution in [2.45, 2.75) is 32.9 Å². The minimum atomic E-state index is -0.903. The molecule has 1 aromatic carbocycles. The Hall–Kier alpha value is 0.910. The summed E-state index contributed by atoms with van der Waals surface area (Å²) in [5.41, 5.74) is 1.31. The molecule has 1 rings (SSSR count). The lowest BCUT2D eigenvalue weighted by atomic mass is 10.1. The van der Waals surface area contributed by atoms with Gasteiger partial charge in [0.1, 0.15) is 0 Å². The molecule has 0 amide bonds. The predicted molar refractivity (Wildman–Crippen MR) is 92.9 cm³/mol. The minimum absolute atomic E-state index is 0.0324. The van der Waals surface area contributed by atoms with Crippen LogP contribution in [-0.4, -0.2) is 22.5 Å². The molecule has 0 aromatic heterocycles. The lowest BCUT2D eigenvalue weighted by molar-refractivity contribution is 0.259. The lowest BCUT2D eigenvalue weighted by Gasteiger charge is -2.38. The fourth-order valence-corrected chi connectivity index (χ4v) is 7.03. The van der Waals surface area contributed by atoms with E-state index in [9.17, 15) is 0 Å². The maximum Gasteiger partial charge on any atom is 0.0859 e. The summed E-state index contributed by atoms with van der Waals surface area (Å²) in [5.74, 6) is 0. The molecule has 1 atom stereocenters. The SMILES string of the molecule is CC(C)(C)N(Cc1ccccc1)P(Cl)CCP(Cl)Cl. The maximum absolute atomic E-state index is 6.61. The summed E-state index contributed by atoms with van der Waals surface area (Å²) in [6.07, 6.45) is 1.68. The van der Waals surface area contributed by atoms with E-state index in [-0.39, 0.29) is 5.54 Å². The van der Waals surface area contributed by atoms with E-state index < -0.39 is 14.1 Å². The number of halogens is 3. The Bertz CT molecular complexity index is 368. The molecule has 108 valence electrons. The second-order valence-corrected chi connectivity index (χ2v) is 12.1. The van der Waals surface area contributed by atoms with E-state index in [0.717, 1.165) is 18.9 Å². The van der Waals surface area contributed by atoms with Crippen molar-refractivity contribution in [3.63, 3.8) is 0 Å². The minimum Gasteiger partial charge on any atom is -0.260 e. The first-order chi connectivity index (χ1) is 8.80. The number of hydrogen-bond donors (Lipinski definition) is 0. The fourth-order valence-electron chi connectivity index (χ4n) is 1.67. The third-order valence-electron chi connectivity index (χ3n) is 2.67. The summed E-state index contributed by atoms with van der Waals surface area (Å²) in [6, 6.07) is 10.4. The van der Waals surface area contributed by atoms with Crippen LogP contribution in [0.5, 0.6) is 0 Å². The van der Waals surface area contributed by atoms with Crippen molar-refractivity contribution in [1.82, 2.24) is 4.67 Å². The predicted octanol–water partition coefficient (Wildman–Crippen LogP) is 6.63. The average molecular weight is 359 g/mol. The summed E-state index contributed by atoms with van der Waals surface area (Å²) in [5, 5.41) is 0. The zero-order valence-electron chi connectivity index (χ0n) is 11.5. The van der Waals surface area contributed by atoms with Crippen molar-refractivity contribution in [3.8, 4) is 0 Å². The first kappa shape index (κ1) is 18.0. The van der Waals surface area contributed by atoms with Crippen LogP contribution in [0.2, 0.25) is 0 Å². The van der Waals surface area contributed by atoms with Crippen molar-refractivity contribution in [1.29, 1.82) is 0 Å². The molecular formula is C13H20Cl3NP2. The number of hydrogen-bond acceptors (Lipinski definition) is 1. The van der Waals surface area contributed by atoms with Crippen LogP contribution in [0.4, 0.5) is 0 Å². The molecular weight excluding hydrogens is 338 g/mol. The van der Waals surface area contributed by atoms with Crippen LogP contribution in [0, 0.1) is 0 Å². The number of nitrogens with zero attached hydrogens (tertiary/aromatic N) is 1. The van der Waals surface area contributed by atoms with Gasteiger partial charge in [-0.05, 0) is 26.3 Å². The topological polar surface area (TPSA) is 3.24 Å². The van der Waals surface area contributed by atoms with Crippen LogP contribution in [0.15, 0.2) is 30.3 Å². The van der Waals surface area contributed by atoms with Crippen LogP contribution in [0.25, 0.3) is 0 Å². The van der Waals surface area contributed by atoms with Gasteiger partial charge in [0.25, 0.3) is 0 Å². The molecule has 0 saturated heterocycles. The Balaban J connectivity index is 2.72. The van der Waals surface area contributed by atoms with Gasteiger partial charge in [-0.2, -0.15) is 0 Å². The molecule has 0 aliphatic rings. The van der Waals surface area contributed by atoms with Crippen LogP contribution in [-0.2, 0) is 6.54 Å². The molecule has 0 fully saturated rings. The highest BCUT2D eigenvalue weighted by molar-refractivity contribution is 8.04. The number of benzene rings is 1. The average Bonchev–Trinajstić information content (AvgIpc) is 2.33. The van der Waals surface area contributed by atoms with Gasteiger partial charge in [0.2, 0.25) is 0 Å².